The SMILES string of the molecule is CCC(Sc1ccc(NC(=O)c2ccccc2F)cc1)C(=O)n1c2ccccc2c2ccccc21. The molecule has 0 radical (unpaired) electrons. The van der Waals surface area contributed by atoms with Crippen LogP contribution in [0.25, 0.3) is 21.8 Å². The minimum Gasteiger partial charge on any atom is -0.322 e. The van der Waals surface area contributed by atoms with Crippen LogP contribution in [0, 0.1) is 5.82 Å². The Labute approximate surface area is 206 Å². The van der Waals surface area contributed by atoms with Gasteiger partial charge in [0.2, 0.25) is 5.91 Å². The second kappa shape index (κ2) is 9.76. The van der Waals surface area contributed by atoms with Gasteiger partial charge < -0.3 is 5.32 Å². The predicted octanol–water partition coefficient (Wildman–Crippen LogP) is 7.40. The van der Waals surface area contributed by atoms with E-state index in [9.17, 15) is 14.0 Å². The maximum atomic E-state index is 13.9. The summed E-state index contributed by atoms with van der Waals surface area (Å²) in [5.74, 6) is -1.03. The molecule has 4 aromatic carbocycles. The Balaban J connectivity index is 1.37. The molecule has 1 N–H and O–H groups in total. The first-order valence-electron chi connectivity index (χ1n) is 11.4. The van der Waals surface area contributed by atoms with E-state index < -0.39 is 11.7 Å². The smallest absolute Gasteiger partial charge is 0.258 e. The van der Waals surface area contributed by atoms with Crippen molar-refractivity contribution >= 4 is 51.1 Å². The third kappa shape index (κ3) is 4.45. The van der Waals surface area contributed by atoms with Crippen LogP contribution in [0.15, 0.2) is 102 Å². The number of hydrogen-bond acceptors (Lipinski definition) is 3. The molecule has 1 heterocycles. The van der Waals surface area contributed by atoms with Crippen LogP contribution in [-0.2, 0) is 0 Å². The number of rotatable bonds is 6. The van der Waals surface area contributed by atoms with E-state index in [0.29, 0.717) is 12.1 Å². The third-order valence-corrected chi connectivity index (χ3v) is 7.32. The van der Waals surface area contributed by atoms with Crippen LogP contribution in [0.2, 0.25) is 0 Å². The Morgan fingerprint density at radius 3 is 2.00 bits per heavy atom. The number of amides is 1. The Morgan fingerprint density at radius 1 is 0.829 bits per heavy atom. The van der Waals surface area contributed by atoms with Crippen molar-refractivity contribution in [2.75, 3.05) is 5.32 Å². The Morgan fingerprint density at radius 2 is 1.40 bits per heavy atom. The number of fused-ring (bicyclic) bond motifs is 3. The van der Waals surface area contributed by atoms with E-state index in [1.54, 1.807) is 24.3 Å². The zero-order chi connectivity index (χ0) is 24.4. The van der Waals surface area contributed by atoms with Crippen molar-refractivity contribution in [3.05, 3.63) is 108 Å². The van der Waals surface area contributed by atoms with E-state index >= 15 is 0 Å². The number of anilines is 1. The first-order chi connectivity index (χ1) is 17.1. The normalized spacial score (nSPS) is 12.1. The van der Waals surface area contributed by atoms with Crippen molar-refractivity contribution in [3.63, 3.8) is 0 Å². The minimum atomic E-state index is -0.563. The summed E-state index contributed by atoms with van der Waals surface area (Å²) in [6, 6.07) is 29.1. The fourth-order valence-corrected chi connectivity index (χ4v) is 5.23. The second-order valence-electron chi connectivity index (χ2n) is 8.18. The summed E-state index contributed by atoms with van der Waals surface area (Å²) in [5, 5.41) is 4.56. The highest BCUT2D eigenvalue weighted by atomic mass is 32.2. The van der Waals surface area contributed by atoms with E-state index in [2.05, 4.69) is 5.32 Å². The predicted molar refractivity (Wildman–Crippen MR) is 141 cm³/mol. The lowest BCUT2D eigenvalue weighted by Gasteiger charge is -2.16. The molecule has 0 spiro atoms. The quantitative estimate of drug-likeness (QED) is 0.257. The van der Waals surface area contributed by atoms with Gasteiger partial charge in [0.25, 0.3) is 5.91 Å². The average molecular weight is 483 g/mol. The highest BCUT2D eigenvalue weighted by molar-refractivity contribution is 8.00. The number of nitrogens with one attached hydrogen (secondary N) is 1. The lowest BCUT2D eigenvalue weighted by molar-refractivity contribution is 0.0918. The Hall–Kier alpha value is -3.90. The van der Waals surface area contributed by atoms with Gasteiger partial charge in [0.15, 0.2) is 0 Å². The van der Waals surface area contributed by atoms with E-state index in [-0.39, 0.29) is 16.7 Å². The first-order valence-corrected chi connectivity index (χ1v) is 12.3. The molecule has 0 aliphatic carbocycles. The number of carbonyl (C=O) groups is 2. The van der Waals surface area contributed by atoms with Crippen molar-refractivity contribution in [2.24, 2.45) is 0 Å². The van der Waals surface area contributed by atoms with Gasteiger partial charge in [0.1, 0.15) is 5.82 Å². The van der Waals surface area contributed by atoms with Crippen LogP contribution in [0.3, 0.4) is 0 Å². The van der Waals surface area contributed by atoms with Gasteiger partial charge in [-0.25, -0.2) is 4.39 Å². The van der Waals surface area contributed by atoms with E-state index in [0.717, 1.165) is 26.7 Å². The zero-order valence-electron chi connectivity index (χ0n) is 19.1. The fourth-order valence-electron chi connectivity index (χ4n) is 4.24. The molecular weight excluding hydrogens is 459 g/mol. The molecule has 0 saturated heterocycles. The number of thioether (sulfide) groups is 1. The molecule has 6 heteroatoms. The molecule has 1 amide bonds. The summed E-state index contributed by atoms with van der Waals surface area (Å²) in [7, 11) is 0. The molecular formula is C29H23FN2O2S. The zero-order valence-corrected chi connectivity index (χ0v) is 19.9. The summed E-state index contributed by atoms with van der Waals surface area (Å²) in [4.78, 5) is 27.0. The number of halogens is 1. The number of benzene rings is 4. The summed E-state index contributed by atoms with van der Waals surface area (Å²) in [6.07, 6.45) is 0.663. The van der Waals surface area contributed by atoms with Gasteiger partial charge in [-0.2, -0.15) is 0 Å². The molecule has 5 rings (SSSR count). The summed E-state index contributed by atoms with van der Waals surface area (Å²) in [6.45, 7) is 2.01. The van der Waals surface area contributed by atoms with Crippen molar-refractivity contribution in [1.29, 1.82) is 0 Å². The number of aromatic nitrogens is 1. The van der Waals surface area contributed by atoms with Crippen LogP contribution in [0.5, 0.6) is 0 Å². The molecule has 1 unspecified atom stereocenters. The van der Waals surface area contributed by atoms with Crippen molar-refractivity contribution in [2.45, 2.75) is 23.5 Å². The van der Waals surface area contributed by atoms with Crippen molar-refractivity contribution < 1.29 is 14.0 Å². The van der Waals surface area contributed by atoms with Gasteiger partial charge in [0.05, 0.1) is 21.8 Å². The van der Waals surface area contributed by atoms with Crippen molar-refractivity contribution in [3.8, 4) is 0 Å². The maximum Gasteiger partial charge on any atom is 0.258 e. The molecule has 4 nitrogen and oxygen atoms in total. The van der Waals surface area contributed by atoms with E-state index in [1.807, 2.05) is 72.2 Å². The third-order valence-electron chi connectivity index (χ3n) is 5.96. The molecule has 0 aliphatic heterocycles. The monoisotopic (exact) mass is 482 g/mol. The Kier molecular flexibility index (Phi) is 6.38. The first kappa shape index (κ1) is 22.9. The molecule has 0 saturated carbocycles. The number of carbonyl (C=O) groups excluding carboxylic acids is 2. The summed E-state index contributed by atoms with van der Waals surface area (Å²) < 4.78 is 15.7. The maximum absolute atomic E-state index is 13.9. The van der Waals surface area contributed by atoms with Gasteiger partial charge in [-0.1, -0.05) is 55.5 Å². The van der Waals surface area contributed by atoms with Crippen LogP contribution >= 0.6 is 11.8 Å². The van der Waals surface area contributed by atoms with Gasteiger partial charge in [-0.05, 0) is 55.0 Å². The minimum absolute atomic E-state index is 0.00577. The number of para-hydroxylation sites is 2. The van der Waals surface area contributed by atoms with Gasteiger partial charge in [0, 0.05) is 21.4 Å². The average Bonchev–Trinajstić information content (AvgIpc) is 3.22. The van der Waals surface area contributed by atoms with Gasteiger partial charge >= 0.3 is 0 Å². The highest BCUT2D eigenvalue weighted by Crippen LogP contribution is 2.33. The van der Waals surface area contributed by atoms with Crippen molar-refractivity contribution in [1.82, 2.24) is 4.57 Å². The van der Waals surface area contributed by atoms with E-state index in [1.165, 1.54) is 23.9 Å². The molecule has 5 aromatic rings. The fraction of sp³-hybridized carbons (Fsp3) is 0.103. The highest BCUT2D eigenvalue weighted by Gasteiger charge is 2.24. The standard InChI is InChI=1S/C29H23FN2O2S/c1-2-27(29(34)32-25-13-7-4-9-21(25)22-10-5-8-14-26(22)32)35-20-17-15-19(16-18-20)31-28(33)23-11-3-6-12-24(23)30/h3-18,27H,2H2,1H3,(H,31,33). The molecule has 0 bridgehead atoms. The number of hydrogen-bond donors (Lipinski definition) is 1. The molecule has 35 heavy (non-hydrogen) atoms. The van der Waals surface area contributed by atoms with Crippen LogP contribution in [-0.4, -0.2) is 21.6 Å². The summed E-state index contributed by atoms with van der Waals surface area (Å²) >= 11 is 1.50. The molecule has 174 valence electrons. The van der Waals surface area contributed by atoms with Crippen LogP contribution < -0.4 is 5.32 Å². The molecule has 1 atom stereocenters. The van der Waals surface area contributed by atoms with Crippen LogP contribution in [0.1, 0.15) is 28.5 Å². The van der Waals surface area contributed by atoms with Crippen LogP contribution in [0.4, 0.5) is 10.1 Å². The molecule has 0 fully saturated rings. The second-order valence-corrected chi connectivity index (χ2v) is 9.46. The largest absolute Gasteiger partial charge is 0.322 e. The lowest BCUT2D eigenvalue weighted by atomic mass is 10.2. The molecule has 0 aliphatic rings. The lowest BCUT2D eigenvalue weighted by Crippen LogP contribution is -2.23. The van der Waals surface area contributed by atoms with Gasteiger partial charge in [-0.15, -0.1) is 11.8 Å². The van der Waals surface area contributed by atoms with E-state index in [4.69, 9.17) is 0 Å². The number of nitrogens with zero attached hydrogens (tertiary/aromatic N) is 1. The topological polar surface area (TPSA) is 51.1 Å². The van der Waals surface area contributed by atoms with Gasteiger partial charge in [-0.3, -0.25) is 14.2 Å². The molecule has 1 aromatic heterocycles. The Bertz CT molecular complexity index is 1490. The summed E-state index contributed by atoms with van der Waals surface area (Å²) in [5.41, 5.74) is 2.37.